The van der Waals surface area contributed by atoms with E-state index >= 15 is 0 Å². The molecule has 0 amide bonds. The largest absolute Gasteiger partial charge is 0.511 e. The molecule has 1 saturated carbocycles. The highest BCUT2D eigenvalue weighted by Crippen LogP contribution is 2.62. The van der Waals surface area contributed by atoms with Crippen LogP contribution in [0.3, 0.4) is 0 Å². The molecule has 1 aliphatic rings. The minimum atomic E-state index is -1.41. The third-order valence-electron chi connectivity index (χ3n) is 3.00. The summed E-state index contributed by atoms with van der Waals surface area (Å²) in [6.45, 7) is 4.91. The van der Waals surface area contributed by atoms with Gasteiger partial charge in [0.15, 0.2) is 4.33 Å². The first-order valence-electron chi connectivity index (χ1n) is 4.71. The molecule has 0 saturated heterocycles. The first-order chi connectivity index (χ1) is 7.01. The lowest BCUT2D eigenvalue weighted by atomic mass is 10.1. The summed E-state index contributed by atoms with van der Waals surface area (Å²) in [7, 11) is 0. The normalized spacial score (nSPS) is 29.6. The lowest BCUT2D eigenvalue weighted by Gasteiger charge is -2.14. The smallest absolute Gasteiger partial charge is 0.307 e. The monoisotopic (exact) mass is 286 g/mol. The second-order valence-electron chi connectivity index (χ2n) is 4.70. The number of rotatable bonds is 3. The molecule has 3 nitrogen and oxygen atoms in total. The van der Waals surface area contributed by atoms with Crippen molar-refractivity contribution in [3.05, 3.63) is 10.8 Å². The van der Waals surface area contributed by atoms with Crippen LogP contribution in [-0.4, -0.2) is 20.5 Å². The summed E-state index contributed by atoms with van der Waals surface area (Å²) in [5.74, 6) is -2.38. The fourth-order valence-electron chi connectivity index (χ4n) is 1.97. The van der Waals surface area contributed by atoms with Crippen molar-refractivity contribution >= 4 is 40.8 Å². The zero-order chi connectivity index (χ0) is 12.9. The molecule has 1 aliphatic carbocycles. The van der Waals surface area contributed by atoms with Gasteiger partial charge >= 0.3 is 5.97 Å². The molecule has 0 aromatic carbocycles. The van der Waals surface area contributed by atoms with Gasteiger partial charge in [-0.25, -0.2) is 0 Å². The van der Waals surface area contributed by atoms with Gasteiger partial charge < -0.3 is 10.2 Å². The lowest BCUT2D eigenvalue weighted by molar-refractivity contribution is -0.139. The number of aliphatic hydroxyl groups is 1. The van der Waals surface area contributed by atoms with Crippen molar-refractivity contribution in [1.82, 2.24) is 0 Å². The maximum atomic E-state index is 10.9. The summed E-state index contributed by atoms with van der Waals surface area (Å²) < 4.78 is -1.41. The van der Waals surface area contributed by atoms with Gasteiger partial charge in [0, 0.05) is 5.92 Å². The van der Waals surface area contributed by atoms with Gasteiger partial charge in [0.1, 0.15) is 5.76 Å². The molecule has 0 bridgehead atoms. The molecule has 92 valence electrons. The number of allylic oxidation sites excluding steroid dienone is 2. The number of halogens is 3. The van der Waals surface area contributed by atoms with Crippen LogP contribution in [-0.2, 0) is 4.79 Å². The number of alkyl halides is 2. The molecular formula is C10H13Cl3O3. The number of carboxylic acids is 1. The summed E-state index contributed by atoms with van der Waals surface area (Å²) in [6.07, 6.45) is 0. The second kappa shape index (κ2) is 3.97. The van der Waals surface area contributed by atoms with Crippen LogP contribution in [0.25, 0.3) is 0 Å². The van der Waals surface area contributed by atoms with E-state index in [-0.39, 0.29) is 10.8 Å². The molecule has 16 heavy (non-hydrogen) atoms. The number of hydrogen-bond donors (Lipinski definition) is 2. The van der Waals surface area contributed by atoms with Crippen molar-refractivity contribution in [3.63, 3.8) is 0 Å². The molecule has 0 aliphatic heterocycles. The Kier molecular flexibility index (Phi) is 3.46. The Labute approximate surface area is 109 Å². The van der Waals surface area contributed by atoms with Gasteiger partial charge in [-0.1, -0.05) is 48.7 Å². The van der Waals surface area contributed by atoms with Gasteiger partial charge in [-0.3, -0.25) is 4.79 Å². The number of carbonyl (C=O) groups is 1. The quantitative estimate of drug-likeness (QED) is 0.616. The zero-order valence-electron chi connectivity index (χ0n) is 9.09. The maximum absolute atomic E-state index is 10.9. The summed E-state index contributed by atoms with van der Waals surface area (Å²) in [4.78, 5) is 10.9. The highest BCUT2D eigenvalue weighted by Gasteiger charge is 2.65. The average molecular weight is 288 g/mol. The van der Waals surface area contributed by atoms with Gasteiger partial charge in [-0.05, 0) is 12.3 Å². The Morgan fingerprint density at radius 3 is 1.94 bits per heavy atom. The van der Waals surface area contributed by atoms with Crippen LogP contribution in [0.2, 0.25) is 0 Å². The van der Waals surface area contributed by atoms with E-state index < -0.39 is 27.6 Å². The molecule has 1 rings (SSSR count). The maximum Gasteiger partial charge on any atom is 0.307 e. The topological polar surface area (TPSA) is 57.5 Å². The Balaban J connectivity index is 3.03. The summed E-state index contributed by atoms with van der Waals surface area (Å²) in [5, 5.41) is 18.7. The van der Waals surface area contributed by atoms with Crippen molar-refractivity contribution in [2.75, 3.05) is 0 Å². The summed E-state index contributed by atoms with van der Waals surface area (Å²) in [6, 6.07) is 0. The Hall–Kier alpha value is -0.120. The van der Waals surface area contributed by atoms with Crippen LogP contribution >= 0.6 is 34.8 Å². The zero-order valence-corrected chi connectivity index (χ0v) is 11.4. The minimum absolute atomic E-state index is 0.113. The molecule has 2 N–H and O–H groups in total. The van der Waals surface area contributed by atoms with Crippen molar-refractivity contribution < 1.29 is 15.0 Å². The molecular weight excluding hydrogens is 274 g/mol. The van der Waals surface area contributed by atoms with E-state index in [1.807, 2.05) is 0 Å². The van der Waals surface area contributed by atoms with Crippen LogP contribution in [0.15, 0.2) is 10.8 Å². The first kappa shape index (κ1) is 13.9. The second-order valence-corrected chi connectivity index (χ2v) is 6.79. The Morgan fingerprint density at radius 1 is 1.25 bits per heavy atom. The van der Waals surface area contributed by atoms with E-state index in [9.17, 15) is 9.90 Å². The van der Waals surface area contributed by atoms with E-state index in [1.54, 1.807) is 13.8 Å². The van der Waals surface area contributed by atoms with E-state index in [0.29, 0.717) is 0 Å². The third kappa shape index (κ3) is 2.27. The number of aliphatic carboxylic acids is 1. The van der Waals surface area contributed by atoms with Crippen molar-refractivity contribution in [2.45, 2.75) is 25.1 Å². The Bertz CT molecular complexity index is 355. The highest BCUT2D eigenvalue weighted by molar-refractivity contribution is 6.55. The van der Waals surface area contributed by atoms with Gasteiger partial charge in [0.25, 0.3) is 0 Å². The number of hydrogen-bond acceptors (Lipinski definition) is 2. The van der Waals surface area contributed by atoms with Crippen LogP contribution in [0.1, 0.15) is 20.8 Å². The highest BCUT2D eigenvalue weighted by atomic mass is 35.5. The van der Waals surface area contributed by atoms with E-state index in [2.05, 4.69) is 0 Å². The molecule has 6 heteroatoms. The van der Waals surface area contributed by atoms with Crippen molar-refractivity contribution in [3.8, 4) is 0 Å². The molecule has 0 heterocycles. The van der Waals surface area contributed by atoms with E-state index in [4.69, 9.17) is 39.9 Å². The molecule has 0 spiro atoms. The predicted octanol–water partition coefficient (Wildman–Crippen LogP) is 3.55. The SMILES string of the molecule is CC(Cl)(Cl)/C(Cl)=C(\O)C1C(C(=O)O)C1(C)C. The Morgan fingerprint density at radius 2 is 1.69 bits per heavy atom. The lowest BCUT2D eigenvalue weighted by Crippen LogP contribution is -2.11. The standard InChI is InChI=1S/C10H13Cl3O3/c1-9(2)4(5(9)8(15)16)6(14)7(11)10(3,12)13/h4-5,14H,1-3H3,(H,15,16)/b7-6+. The predicted molar refractivity (Wildman–Crippen MR) is 64.0 cm³/mol. The van der Waals surface area contributed by atoms with Crippen LogP contribution in [0.4, 0.5) is 0 Å². The summed E-state index contributed by atoms with van der Waals surface area (Å²) >= 11 is 17.3. The first-order valence-corrected chi connectivity index (χ1v) is 5.84. The summed E-state index contributed by atoms with van der Waals surface area (Å²) in [5.41, 5.74) is -0.533. The fraction of sp³-hybridized carbons (Fsp3) is 0.700. The molecule has 0 aromatic rings. The number of carboxylic acid groups (broad SMARTS) is 1. The van der Waals surface area contributed by atoms with Crippen LogP contribution in [0.5, 0.6) is 0 Å². The number of aliphatic hydroxyl groups excluding tert-OH is 1. The third-order valence-corrected chi connectivity index (χ3v) is 4.14. The van der Waals surface area contributed by atoms with Gasteiger partial charge in [-0.2, -0.15) is 0 Å². The van der Waals surface area contributed by atoms with Gasteiger partial charge in [0.2, 0.25) is 0 Å². The van der Waals surface area contributed by atoms with Crippen molar-refractivity contribution in [2.24, 2.45) is 17.3 Å². The minimum Gasteiger partial charge on any atom is -0.511 e. The van der Waals surface area contributed by atoms with Crippen molar-refractivity contribution in [1.29, 1.82) is 0 Å². The van der Waals surface area contributed by atoms with Crippen LogP contribution in [0, 0.1) is 17.3 Å². The van der Waals surface area contributed by atoms with E-state index in [1.165, 1.54) is 6.92 Å². The molecule has 2 atom stereocenters. The molecule has 0 radical (unpaired) electrons. The van der Waals surface area contributed by atoms with Gasteiger partial charge in [0.05, 0.1) is 11.0 Å². The van der Waals surface area contributed by atoms with Crippen LogP contribution < -0.4 is 0 Å². The fourth-order valence-corrected chi connectivity index (χ4v) is 2.28. The average Bonchev–Trinajstić information content (AvgIpc) is 2.65. The molecule has 1 fully saturated rings. The molecule has 0 aromatic heterocycles. The van der Waals surface area contributed by atoms with Gasteiger partial charge in [-0.15, -0.1) is 0 Å². The van der Waals surface area contributed by atoms with E-state index in [0.717, 1.165) is 0 Å². The molecule has 2 unspecified atom stereocenters.